The Bertz CT molecular complexity index is 183. The SMILES string of the molecule is CCC=C(C)C(=O)OCCCCCC. The Kier molecular flexibility index (Phi) is 8.30. The van der Waals surface area contributed by atoms with Gasteiger partial charge >= 0.3 is 5.97 Å². The summed E-state index contributed by atoms with van der Waals surface area (Å²) in [6.07, 6.45) is 7.36. The summed E-state index contributed by atoms with van der Waals surface area (Å²) >= 11 is 0. The lowest BCUT2D eigenvalue weighted by atomic mass is 10.2. The normalized spacial score (nSPS) is 11.5. The summed E-state index contributed by atoms with van der Waals surface area (Å²) in [5.41, 5.74) is 0.725. The third-order valence-electron chi connectivity index (χ3n) is 2.06. The lowest BCUT2D eigenvalue weighted by Crippen LogP contribution is -2.06. The predicted octanol–water partition coefficient (Wildman–Crippen LogP) is 3.47. The molecule has 2 nitrogen and oxygen atoms in total. The van der Waals surface area contributed by atoms with Crippen LogP contribution in [0, 0.1) is 0 Å². The molecule has 82 valence electrons. The minimum atomic E-state index is -0.164. The maximum atomic E-state index is 11.3. The number of hydrogen-bond donors (Lipinski definition) is 0. The summed E-state index contributed by atoms with van der Waals surface area (Å²) in [5.74, 6) is -0.164. The van der Waals surface area contributed by atoms with Gasteiger partial charge in [-0.15, -0.1) is 0 Å². The molecule has 0 aromatic rings. The van der Waals surface area contributed by atoms with E-state index >= 15 is 0 Å². The van der Waals surface area contributed by atoms with Crippen LogP contribution >= 0.6 is 0 Å². The molecule has 2 heteroatoms. The van der Waals surface area contributed by atoms with Crippen LogP contribution in [0.3, 0.4) is 0 Å². The molecule has 0 aromatic carbocycles. The zero-order valence-electron chi connectivity index (χ0n) is 9.64. The molecule has 0 aliphatic carbocycles. The minimum absolute atomic E-state index is 0.164. The van der Waals surface area contributed by atoms with Crippen LogP contribution in [0.25, 0.3) is 0 Å². The third-order valence-corrected chi connectivity index (χ3v) is 2.06. The summed E-state index contributed by atoms with van der Waals surface area (Å²) in [5, 5.41) is 0. The van der Waals surface area contributed by atoms with E-state index in [1.807, 2.05) is 13.0 Å². The lowest BCUT2D eigenvalue weighted by molar-refractivity contribution is -0.139. The highest BCUT2D eigenvalue weighted by Crippen LogP contribution is 2.02. The van der Waals surface area contributed by atoms with Crippen LogP contribution in [0.4, 0.5) is 0 Å². The molecule has 0 aromatic heterocycles. The summed E-state index contributed by atoms with van der Waals surface area (Å²) in [7, 11) is 0. The van der Waals surface area contributed by atoms with E-state index < -0.39 is 0 Å². The first-order chi connectivity index (χ1) is 6.72. The summed E-state index contributed by atoms with van der Waals surface area (Å²) in [4.78, 5) is 11.3. The number of ether oxygens (including phenoxy) is 1. The number of carbonyl (C=O) groups excluding carboxylic acids is 1. The van der Waals surface area contributed by atoms with E-state index in [2.05, 4.69) is 6.92 Å². The average Bonchev–Trinajstić information content (AvgIpc) is 2.17. The second-order valence-electron chi connectivity index (χ2n) is 3.49. The van der Waals surface area contributed by atoms with E-state index in [4.69, 9.17) is 4.74 Å². The molecule has 0 rings (SSSR count). The van der Waals surface area contributed by atoms with Crippen LogP contribution in [0.5, 0.6) is 0 Å². The van der Waals surface area contributed by atoms with Gasteiger partial charge in [0.1, 0.15) is 0 Å². The van der Waals surface area contributed by atoms with E-state index in [1.165, 1.54) is 12.8 Å². The highest BCUT2D eigenvalue weighted by Gasteiger charge is 2.03. The number of carbonyl (C=O) groups is 1. The summed E-state index contributed by atoms with van der Waals surface area (Å²) in [6.45, 7) is 6.55. The van der Waals surface area contributed by atoms with Gasteiger partial charge in [-0.3, -0.25) is 0 Å². The number of rotatable bonds is 7. The van der Waals surface area contributed by atoms with Crippen LogP contribution in [0.1, 0.15) is 52.9 Å². The van der Waals surface area contributed by atoms with E-state index in [0.29, 0.717) is 6.61 Å². The average molecular weight is 198 g/mol. The van der Waals surface area contributed by atoms with Gasteiger partial charge in [-0.25, -0.2) is 4.79 Å². The quantitative estimate of drug-likeness (QED) is 0.356. The molecule has 0 amide bonds. The maximum absolute atomic E-state index is 11.3. The van der Waals surface area contributed by atoms with Gasteiger partial charge in [0.2, 0.25) is 0 Å². The van der Waals surface area contributed by atoms with Crippen molar-refractivity contribution in [3.05, 3.63) is 11.6 Å². The predicted molar refractivity (Wildman–Crippen MR) is 59.1 cm³/mol. The van der Waals surface area contributed by atoms with Crippen molar-refractivity contribution in [3.8, 4) is 0 Å². The van der Waals surface area contributed by atoms with E-state index in [1.54, 1.807) is 6.92 Å². The lowest BCUT2D eigenvalue weighted by Gasteiger charge is -2.04. The van der Waals surface area contributed by atoms with Crippen molar-refractivity contribution in [2.75, 3.05) is 6.61 Å². The Hall–Kier alpha value is -0.790. The van der Waals surface area contributed by atoms with Gasteiger partial charge in [-0.1, -0.05) is 39.2 Å². The van der Waals surface area contributed by atoms with Gasteiger partial charge in [-0.05, 0) is 19.8 Å². The monoisotopic (exact) mass is 198 g/mol. The van der Waals surface area contributed by atoms with E-state index in [-0.39, 0.29) is 5.97 Å². The molecule has 0 unspecified atom stereocenters. The molecule has 0 aliphatic rings. The second-order valence-corrected chi connectivity index (χ2v) is 3.49. The first kappa shape index (κ1) is 13.2. The van der Waals surface area contributed by atoms with Crippen molar-refractivity contribution in [2.45, 2.75) is 52.9 Å². The van der Waals surface area contributed by atoms with Gasteiger partial charge in [0.05, 0.1) is 6.61 Å². The first-order valence-corrected chi connectivity index (χ1v) is 5.56. The zero-order chi connectivity index (χ0) is 10.8. The number of allylic oxidation sites excluding steroid dienone is 1. The van der Waals surface area contributed by atoms with Gasteiger partial charge in [-0.2, -0.15) is 0 Å². The van der Waals surface area contributed by atoms with Crippen LogP contribution in [0.15, 0.2) is 11.6 Å². The number of hydrogen-bond acceptors (Lipinski definition) is 2. The van der Waals surface area contributed by atoms with Crippen molar-refractivity contribution in [1.82, 2.24) is 0 Å². The van der Waals surface area contributed by atoms with Gasteiger partial charge in [0.25, 0.3) is 0 Å². The van der Waals surface area contributed by atoms with Crippen LogP contribution in [0.2, 0.25) is 0 Å². The van der Waals surface area contributed by atoms with E-state index in [9.17, 15) is 4.79 Å². The molecule has 0 N–H and O–H groups in total. The first-order valence-electron chi connectivity index (χ1n) is 5.56. The molecule has 0 saturated carbocycles. The standard InChI is InChI=1S/C12H22O2/c1-4-6-7-8-10-14-12(13)11(3)9-5-2/h9H,4-8,10H2,1-3H3. The summed E-state index contributed by atoms with van der Waals surface area (Å²) in [6, 6.07) is 0. The molecule has 0 saturated heterocycles. The molecule has 0 aliphatic heterocycles. The molecule has 0 atom stereocenters. The van der Waals surface area contributed by atoms with Gasteiger partial charge in [0, 0.05) is 5.57 Å². The van der Waals surface area contributed by atoms with Crippen LogP contribution in [-0.2, 0) is 9.53 Å². The fourth-order valence-corrected chi connectivity index (χ4v) is 1.20. The fourth-order valence-electron chi connectivity index (χ4n) is 1.20. The molecule has 0 fully saturated rings. The smallest absolute Gasteiger partial charge is 0.333 e. The van der Waals surface area contributed by atoms with E-state index in [0.717, 1.165) is 24.8 Å². The Balaban J connectivity index is 3.49. The molecule has 14 heavy (non-hydrogen) atoms. The summed E-state index contributed by atoms with van der Waals surface area (Å²) < 4.78 is 5.10. The van der Waals surface area contributed by atoms with Crippen LogP contribution < -0.4 is 0 Å². The maximum Gasteiger partial charge on any atom is 0.333 e. The Morgan fingerprint density at radius 3 is 2.50 bits per heavy atom. The minimum Gasteiger partial charge on any atom is -0.462 e. The van der Waals surface area contributed by atoms with Crippen molar-refractivity contribution in [3.63, 3.8) is 0 Å². The molecular weight excluding hydrogens is 176 g/mol. The molecule has 0 heterocycles. The Labute approximate surface area is 87.3 Å². The topological polar surface area (TPSA) is 26.3 Å². The van der Waals surface area contributed by atoms with Crippen molar-refractivity contribution in [2.24, 2.45) is 0 Å². The van der Waals surface area contributed by atoms with Crippen LogP contribution in [-0.4, -0.2) is 12.6 Å². The number of unbranched alkanes of at least 4 members (excludes halogenated alkanes) is 3. The number of esters is 1. The van der Waals surface area contributed by atoms with Crippen molar-refractivity contribution in [1.29, 1.82) is 0 Å². The zero-order valence-corrected chi connectivity index (χ0v) is 9.64. The van der Waals surface area contributed by atoms with Gasteiger partial charge < -0.3 is 4.74 Å². The van der Waals surface area contributed by atoms with Gasteiger partial charge in [0.15, 0.2) is 0 Å². The highest BCUT2D eigenvalue weighted by atomic mass is 16.5. The molecule has 0 bridgehead atoms. The Morgan fingerprint density at radius 2 is 1.93 bits per heavy atom. The molecule has 0 radical (unpaired) electrons. The largest absolute Gasteiger partial charge is 0.462 e. The second kappa shape index (κ2) is 8.79. The fraction of sp³-hybridized carbons (Fsp3) is 0.750. The Morgan fingerprint density at radius 1 is 1.21 bits per heavy atom. The third kappa shape index (κ3) is 6.70. The molecular formula is C12H22O2. The van der Waals surface area contributed by atoms with Crippen molar-refractivity contribution < 1.29 is 9.53 Å². The molecule has 0 spiro atoms. The van der Waals surface area contributed by atoms with Crippen molar-refractivity contribution >= 4 is 5.97 Å². The highest BCUT2D eigenvalue weighted by molar-refractivity contribution is 5.87.